The molecule has 2 aromatic carbocycles. The molecular weight excluding hydrogens is 550 g/mol. The minimum atomic E-state index is -0.905. The first-order chi connectivity index (χ1) is 17.2. The van der Waals surface area contributed by atoms with Crippen molar-refractivity contribution in [3.05, 3.63) is 78.4 Å². The molecule has 1 saturated heterocycles. The molecule has 1 fully saturated rings. The Morgan fingerprint density at radius 1 is 1.08 bits per heavy atom. The van der Waals surface area contributed by atoms with Crippen LogP contribution in [0.2, 0.25) is 10.0 Å². The number of halogens is 3. The fourth-order valence-corrected chi connectivity index (χ4v) is 7.72. The van der Waals surface area contributed by atoms with Gasteiger partial charge >= 0.3 is 10.8 Å². The van der Waals surface area contributed by atoms with E-state index in [9.17, 15) is 23.6 Å². The predicted molar refractivity (Wildman–Crippen MR) is 136 cm³/mol. The van der Waals surface area contributed by atoms with E-state index in [-0.39, 0.29) is 28.9 Å². The van der Waals surface area contributed by atoms with E-state index in [1.54, 1.807) is 25.1 Å². The summed E-state index contributed by atoms with van der Waals surface area (Å²) < 4.78 is 19.8. The average molecular weight is 567 g/mol. The highest BCUT2D eigenvalue weighted by atomic mass is 35.5. The number of imide groups is 1. The van der Waals surface area contributed by atoms with Gasteiger partial charge in [0.25, 0.3) is 0 Å². The number of carbonyl (C=O) groups is 3. The number of anilines is 1. The maximum Gasteiger partial charge on any atom is 0.326 e. The number of hydrogen-bond acceptors (Lipinski definition) is 7. The normalized spacial score (nSPS) is 20.9. The molecule has 36 heavy (non-hydrogen) atoms. The monoisotopic (exact) mass is 566 g/mol. The number of fused-ring (bicyclic) bond motifs is 2. The second kappa shape index (κ2) is 9.66. The van der Waals surface area contributed by atoms with E-state index in [0.717, 1.165) is 28.0 Å². The van der Waals surface area contributed by atoms with Crippen molar-refractivity contribution < 1.29 is 23.5 Å². The maximum absolute atomic E-state index is 13.7. The van der Waals surface area contributed by atoms with E-state index in [0.29, 0.717) is 15.5 Å². The highest BCUT2D eigenvalue weighted by molar-refractivity contribution is 8.00. The van der Waals surface area contributed by atoms with Crippen LogP contribution < -0.4 is 9.77 Å². The lowest BCUT2D eigenvalue weighted by atomic mass is 9.83. The Balaban J connectivity index is 1.68. The van der Waals surface area contributed by atoms with Crippen molar-refractivity contribution in [2.45, 2.75) is 29.7 Å². The van der Waals surface area contributed by atoms with Crippen LogP contribution in [0.1, 0.15) is 23.3 Å². The average Bonchev–Trinajstić information content (AvgIpc) is 3.28. The van der Waals surface area contributed by atoms with E-state index in [1.807, 2.05) is 0 Å². The van der Waals surface area contributed by atoms with E-state index in [4.69, 9.17) is 27.9 Å². The first-order valence-electron chi connectivity index (χ1n) is 10.9. The van der Waals surface area contributed by atoms with Gasteiger partial charge in [0, 0.05) is 10.8 Å². The summed E-state index contributed by atoms with van der Waals surface area (Å²) in [6.45, 7) is 1.48. The SMILES string of the molecule is CCOC(=O)Cn1c2c(sc1=O)[C@@H](c1cccc(Cl)c1Cl)[C@@H]1C(=O)N(c3ccc(F)cc3)C(=O)[C@@H]1S2. The molecule has 0 radical (unpaired) electrons. The molecule has 3 aromatic rings. The molecule has 2 aliphatic rings. The lowest BCUT2D eigenvalue weighted by molar-refractivity contribution is -0.144. The number of rotatable bonds is 5. The van der Waals surface area contributed by atoms with E-state index in [1.165, 1.54) is 28.8 Å². The summed E-state index contributed by atoms with van der Waals surface area (Å²) >= 11 is 14.8. The van der Waals surface area contributed by atoms with E-state index in [2.05, 4.69) is 0 Å². The third kappa shape index (κ3) is 4.06. The Bertz CT molecular complexity index is 1460. The zero-order chi connectivity index (χ0) is 25.7. The second-order valence-corrected chi connectivity index (χ2v) is 11.0. The van der Waals surface area contributed by atoms with Gasteiger partial charge in [-0.2, -0.15) is 0 Å². The van der Waals surface area contributed by atoms with Crippen LogP contribution in [0, 0.1) is 11.7 Å². The van der Waals surface area contributed by atoms with Gasteiger partial charge in [0.15, 0.2) is 0 Å². The molecule has 2 amide bonds. The number of hydrogen-bond donors (Lipinski definition) is 0. The second-order valence-electron chi connectivity index (χ2n) is 8.10. The van der Waals surface area contributed by atoms with Gasteiger partial charge in [0.05, 0.1) is 33.3 Å². The highest BCUT2D eigenvalue weighted by Crippen LogP contribution is 2.55. The summed E-state index contributed by atoms with van der Waals surface area (Å²) in [5.41, 5.74) is 0.733. The smallest absolute Gasteiger partial charge is 0.326 e. The minimum absolute atomic E-state index is 0.151. The quantitative estimate of drug-likeness (QED) is 0.328. The lowest BCUT2D eigenvalue weighted by Gasteiger charge is -2.31. The number of benzene rings is 2. The lowest BCUT2D eigenvalue weighted by Crippen LogP contribution is -2.33. The van der Waals surface area contributed by atoms with Crippen molar-refractivity contribution in [1.29, 1.82) is 0 Å². The Kier molecular flexibility index (Phi) is 6.71. The summed E-state index contributed by atoms with van der Waals surface area (Å²) in [5, 5.41) is -0.0324. The summed E-state index contributed by atoms with van der Waals surface area (Å²) in [6, 6.07) is 10.0. The Labute approximate surface area is 222 Å². The van der Waals surface area contributed by atoms with Crippen LogP contribution in [-0.4, -0.2) is 34.2 Å². The number of esters is 1. The number of aromatic nitrogens is 1. The van der Waals surface area contributed by atoms with Crippen molar-refractivity contribution in [3.8, 4) is 0 Å². The van der Waals surface area contributed by atoms with Crippen LogP contribution in [0.4, 0.5) is 10.1 Å². The molecule has 186 valence electrons. The van der Waals surface area contributed by atoms with Crippen molar-refractivity contribution in [2.24, 2.45) is 5.92 Å². The van der Waals surface area contributed by atoms with Crippen molar-refractivity contribution in [2.75, 3.05) is 11.5 Å². The summed E-state index contributed by atoms with van der Waals surface area (Å²) in [4.78, 5) is 53.6. The topological polar surface area (TPSA) is 85.7 Å². The number of thiazole rings is 1. The van der Waals surface area contributed by atoms with Crippen molar-refractivity contribution in [3.63, 3.8) is 0 Å². The van der Waals surface area contributed by atoms with Gasteiger partial charge < -0.3 is 4.74 Å². The van der Waals surface area contributed by atoms with Crippen LogP contribution in [0.25, 0.3) is 0 Å². The van der Waals surface area contributed by atoms with Crippen molar-refractivity contribution >= 4 is 69.8 Å². The highest BCUT2D eigenvalue weighted by Gasteiger charge is 2.57. The third-order valence-electron chi connectivity index (χ3n) is 6.04. The summed E-state index contributed by atoms with van der Waals surface area (Å²) in [5.74, 6) is -3.75. The largest absolute Gasteiger partial charge is 0.465 e. The maximum atomic E-state index is 13.7. The molecule has 0 spiro atoms. The Morgan fingerprint density at radius 2 is 1.81 bits per heavy atom. The zero-order valence-electron chi connectivity index (χ0n) is 18.6. The van der Waals surface area contributed by atoms with Gasteiger partial charge in [-0.3, -0.25) is 23.7 Å². The number of nitrogens with zero attached hydrogens (tertiary/aromatic N) is 2. The molecule has 3 heterocycles. The molecule has 0 unspecified atom stereocenters. The van der Waals surface area contributed by atoms with E-state index < -0.39 is 45.6 Å². The van der Waals surface area contributed by atoms with Gasteiger partial charge in [0.2, 0.25) is 11.8 Å². The fraction of sp³-hybridized carbons (Fsp3) is 0.250. The van der Waals surface area contributed by atoms with Crippen LogP contribution >= 0.6 is 46.3 Å². The molecular formula is C24H17Cl2FN2O5S2. The van der Waals surface area contributed by atoms with Crippen LogP contribution in [0.3, 0.4) is 0 Å². The molecule has 3 atom stereocenters. The molecule has 0 aliphatic carbocycles. The minimum Gasteiger partial charge on any atom is -0.465 e. The van der Waals surface area contributed by atoms with Gasteiger partial charge in [-0.1, -0.05) is 58.4 Å². The molecule has 2 aliphatic heterocycles. The first kappa shape index (κ1) is 25.0. The van der Waals surface area contributed by atoms with E-state index >= 15 is 0 Å². The number of thioether (sulfide) groups is 1. The molecule has 7 nitrogen and oxygen atoms in total. The number of ether oxygens (including phenoxy) is 1. The molecule has 1 aromatic heterocycles. The van der Waals surface area contributed by atoms with Crippen molar-refractivity contribution in [1.82, 2.24) is 4.57 Å². The Morgan fingerprint density at radius 3 is 2.50 bits per heavy atom. The molecule has 0 bridgehead atoms. The third-order valence-corrected chi connectivity index (χ3v) is 9.48. The molecule has 12 heteroatoms. The van der Waals surface area contributed by atoms with Gasteiger partial charge in [0.1, 0.15) is 17.6 Å². The zero-order valence-corrected chi connectivity index (χ0v) is 21.7. The fourth-order valence-electron chi connectivity index (χ4n) is 4.53. The number of carbonyl (C=O) groups excluding carboxylic acids is 3. The Hall–Kier alpha value is -2.66. The summed E-state index contributed by atoms with van der Waals surface area (Å²) in [7, 11) is 0. The van der Waals surface area contributed by atoms with Crippen LogP contribution in [0.15, 0.2) is 52.3 Å². The molecule has 0 N–H and O–H groups in total. The first-order valence-corrected chi connectivity index (χ1v) is 13.3. The van der Waals surface area contributed by atoms with Crippen LogP contribution in [-0.2, 0) is 25.7 Å². The molecule has 0 saturated carbocycles. The van der Waals surface area contributed by atoms with Gasteiger partial charge in [-0.05, 0) is 42.8 Å². The predicted octanol–water partition coefficient (Wildman–Crippen LogP) is 4.71. The number of amides is 2. The molecule has 5 rings (SSSR count). The van der Waals surface area contributed by atoms with Crippen LogP contribution in [0.5, 0.6) is 0 Å². The van der Waals surface area contributed by atoms with Gasteiger partial charge in [-0.15, -0.1) is 0 Å². The standard InChI is InChI=1S/C24H17Cl2FN2O5S2/c1-2-34-15(30)10-28-23-20(36-24(28)33)16(13-4-3-5-14(25)18(13)26)17-19(35-23)22(32)29(21(17)31)12-8-6-11(27)7-9-12/h3-9,16-17,19H,2,10H2,1H3/t16-,17-,19+/m0/s1. The summed E-state index contributed by atoms with van der Waals surface area (Å²) in [6.07, 6.45) is 0. The van der Waals surface area contributed by atoms with Gasteiger partial charge in [-0.25, -0.2) is 9.29 Å².